The zero-order valence-corrected chi connectivity index (χ0v) is 19.7. The Morgan fingerprint density at radius 1 is 1.17 bits per heavy atom. The van der Waals surface area contributed by atoms with E-state index in [9.17, 15) is 27.9 Å². The summed E-state index contributed by atoms with van der Waals surface area (Å²) < 4.78 is 44.0. The van der Waals surface area contributed by atoms with E-state index >= 15 is 0 Å². The first-order valence-corrected chi connectivity index (χ1v) is 11.1. The van der Waals surface area contributed by atoms with Gasteiger partial charge < -0.3 is 20.5 Å². The lowest BCUT2D eigenvalue weighted by molar-refractivity contribution is -0.139. The summed E-state index contributed by atoms with van der Waals surface area (Å²) in [6.45, 7) is 0.383. The van der Waals surface area contributed by atoms with Crippen molar-refractivity contribution in [2.24, 2.45) is 0 Å². The topological polar surface area (TPSA) is 113 Å². The van der Waals surface area contributed by atoms with E-state index in [0.29, 0.717) is 36.6 Å². The fourth-order valence-corrected chi connectivity index (χ4v) is 3.43. The molecule has 1 amide bonds. The molecule has 2 aromatic heterocycles. The molecule has 3 N–H and O–H groups in total. The number of pyridine rings is 2. The summed E-state index contributed by atoms with van der Waals surface area (Å²) in [5.41, 5.74) is -0.177. The van der Waals surface area contributed by atoms with Crippen molar-refractivity contribution in [3.8, 4) is 5.75 Å². The minimum Gasteiger partial charge on any atom is -0.493 e. The van der Waals surface area contributed by atoms with E-state index < -0.39 is 40.4 Å². The maximum absolute atomic E-state index is 12.8. The van der Waals surface area contributed by atoms with Gasteiger partial charge in [0.1, 0.15) is 23.3 Å². The van der Waals surface area contributed by atoms with Crippen LogP contribution < -0.4 is 15.4 Å². The Morgan fingerprint density at radius 3 is 2.50 bits per heavy atom. The number of anilines is 1. The SMILES string of the molecule is CNc1cccc(CCOc2ccc(C[C@H](NC(=O)c3ncc(C(F)(F)F)cc3Cl)C(=O)O)cc2)n1. The average molecular weight is 523 g/mol. The summed E-state index contributed by atoms with van der Waals surface area (Å²) in [6.07, 6.45) is -3.71. The number of aliphatic carboxylic acids is 1. The quantitative estimate of drug-likeness (QED) is 0.365. The third kappa shape index (κ3) is 7.32. The standard InChI is InChI=1S/C24H22ClF3N4O4/c1-29-20-4-2-3-16(31-20)9-10-36-17-7-5-14(6-8-17)11-19(23(34)35)32-22(33)21-18(25)12-15(13-30-21)24(26,27)28/h2-8,12-13,19H,9-11H2,1H3,(H,29,31)(H,32,33)(H,34,35)/t19-/m0/s1. The van der Waals surface area contributed by atoms with Gasteiger partial charge in [-0.15, -0.1) is 0 Å². The number of carboxylic acid groups (broad SMARTS) is 1. The molecule has 0 aliphatic carbocycles. The summed E-state index contributed by atoms with van der Waals surface area (Å²) in [4.78, 5) is 32.0. The van der Waals surface area contributed by atoms with Crippen molar-refractivity contribution in [2.75, 3.05) is 19.0 Å². The summed E-state index contributed by atoms with van der Waals surface area (Å²) in [6, 6.07) is 11.5. The Morgan fingerprint density at radius 2 is 1.89 bits per heavy atom. The van der Waals surface area contributed by atoms with Crippen LogP contribution in [0.3, 0.4) is 0 Å². The molecule has 1 atom stereocenters. The molecule has 0 saturated carbocycles. The Hall–Kier alpha value is -3.86. The van der Waals surface area contributed by atoms with Crippen molar-refractivity contribution in [1.29, 1.82) is 0 Å². The molecule has 0 spiro atoms. The number of halogens is 4. The Balaban J connectivity index is 1.58. The number of benzene rings is 1. The van der Waals surface area contributed by atoms with Crippen molar-refractivity contribution < 1.29 is 32.6 Å². The number of carbonyl (C=O) groups excluding carboxylic acids is 1. The highest BCUT2D eigenvalue weighted by molar-refractivity contribution is 6.33. The van der Waals surface area contributed by atoms with Gasteiger partial charge in [0, 0.05) is 31.8 Å². The van der Waals surface area contributed by atoms with Gasteiger partial charge in [-0.2, -0.15) is 13.2 Å². The number of ether oxygens (including phenoxy) is 1. The molecule has 3 rings (SSSR count). The molecule has 0 unspecified atom stereocenters. The minimum absolute atomic E-state index is 0.0830. The Labute approximate surface area is 209 Å². The lowest BCUT2D eigenvalue weighted by Crippen LogP contribution is -2.42. The highest BCUT2D eigenvalue weighted by atomic mass is 35.5. The van der Waals surface area contributed by atoms with Crippen LogP contribution in [0.1, 0.15) is 27.3 Å². The zero-order chi connectivity index (χ0) is 26.3. The minimum atomic E-state index is -4.68. The number of carbonyl (C=O) groups is 2. The van der Waals surface area contributed by atoms with Crippen molar-refractivity contribution in [1.82, 2.24) is 15.3 Å². The van der Waals surface area contributed by atoms with E-state index in [4.69, 9.17) is 16.3 Å². The summed E-state index contributed by atoms with van der Waals surface area (Å²) in [5.74, 6) is -1.01. The van der Waals surface area contributed by atoms with Crippen molar-refractivity contribution in [2.45, 2.75) is 25.1 Å². The number of rotatable bonds is 10. The predicted molar refractivity (Wildman–Crippen MR) is 126 cm³/mol. The second-order valence-electron chi connectivity index (χ2n) is 7.63. The molecule has 8 nitrogen and oxygen atoms in total. The van der Waals surface area contributed by atoms with Gasteiger partial charge in [-0.3, -0.25) is 4.79 Å². The van der Waals surface area contributed by atoms with Crippen LogP contribution in [-0.4, -0.2) is 46.6 Å². The lowest BCUT2D eigenvalue weighted by atomic mass is 10.1. The van der Waals surface area contributed by atoms with E-state index in [1.807, 2.05) is 18.2 Å². The van der Waals surface area contributed by atoms with Gasteiger partial charge in [0.2, 0.25) is 0 Å². The molecular formula is C24H22ClF3N4O4. The molecule has 12 heteroatoms. The molecule has 36 heavy (non-hydrogen) atoms. The van der Waals surface area contributed by atoms with Crippen LogP contribution >= 0.6 is 11.6 Å². The molecular weight excluding hydrogens is 501 g/mol. The fraction of sp³-hybridized carbons (Fsp3) is 0.250. The molecule has 1 aromatic carbocycles. The molecule has 0 bridgehead atoms. The predicted octanol–water partition coefficient (Wildman–Crippen LogP) is 4.24. The number of hydrogen-bond acceptors (Lipinski definition) is 6. The number of nitrogens with zero attached hydrogens (tertiary/aromatic N) is 2. The molecule has 0 fully saturated rings. The van der Waals surface area contributed by atoms with Crippen LogP contribution in [0.5, 0.6) is 5.75 Å². The van der Waals surface area contributed by atoms with Crippen LogP contribution in [0, 0.1) is 0 Å². The normalized spacial score (nSPS) is 12.0. The van der Waals surface area contributed by atoms with Crippen LogP contribution in [0.2, 0.25) is 5.02 Å². The number of hydrogen-bond donors (Lipinski definition) is 3. The molecule has 0 radical (unpaired) electrons. The maximum Gasteiger partial charge on any atom is 0.417 e. The first-order chi connectivity index (χ1) is 17.1. The summed E-state index contributed by atoms with van der Waals surface area (Å²) in [5, 5.41) is 14.2. The van der Waals surface area contributed by atoms with E-state index in [1.165, 1.54) is 0 Å². The van der Waals surface area contributed by atoms with Gasteiger partial charge in [0.25, 0.3) is 5.91 Å². The highest BCUT2D eigenvalue weighted by Crippen LogP contribution is 2.31. The van der Waals surface area contributed by atoms with Crippen LogP contribution in [0.4, 0.5) is 19.0 Å². The fourth-order valence-electron chi connectivity index (χ4n) is 3.18. The van der Waals surface area contributed by atoms with Crippen LogP contribution in [-0.2, 0) is 23.8 Å². The third-order valence-electron chi connectivity index (χ3n) is 5.04. The van der Waals surface area contributed by atoms with Crippen LogP contribution in [0.15, 0.2) is 54.7 Å². The zero-order valence-electron chi connectivity index (χ0n) is 19.0. The van der Waals surface area contributed by atoms with Crippen molar-refractivity contribution in [3.63, 3.8) is 0 Å². The second-order valence-corrected chi connectivity index (χ2v) is 8.03. The van der Waals surface area contributed by atoms with Gasteiger partial charge in [-0.25, -0.2) is 14.8 Å². The van der Waals surface area contributed by atoms with E-state index in [0.717, 1.165) is 11.5 Å². The van der Waals surface area contributed by atoms with Gasteiger partial charge in [0.15, 0.2) is 0 Å². The van der Waals surface area contributed by atoms with E-state index in [1.54, 1.807) is 31.3 Å². The number of alkyl halides is 3. The lowest BCUT2D eigenvalue weighted by Gasteiger charge is -2.16. The highest BCUT2D eigenvalue weighted by Gasteiger charge is 2.32. The number of nitrogens with one attached hydrogen (secondary N) is 2. The maximum atomic E-state index is 12.8. The average Bonchev–Trinajstić information content (AvgIpc) is 2.84. The number of carboxylic acids is 1. The molecule has 0 aliphatic rings. The van der Waals surface area contributed by atoms with Crippen LogP contribution in [0.25, 0.3) is 0 Å². The Kier molecular flexibility index (Phi) is 8.70. The number of aromatic nitrogens is 2. The van der Waals surface area contributed by atoms with Crippen molar-refractivity contribution >= 4 is 29.3 Å². The summed E-state index contributed by atoms with van der Waals surface area (Å²) in [7, 11) is 1.78. The van der Waals surface area contributed by atoms with Gasteiger partial charge >= 0.3 is 12.1 Å². The van der Waals surface area contributed by atoms with E-state index in [-0.39, 0.29) is 6.42 Å². The van der Waals surface area contributed by atoms with Gasteiger partial charge in [-0.1, -0.05) is 29.8 Å². The smallest absolute Gasteiger partial charge is 0.417 e. The largest absolute Gasteiger partial charge is 0.493 e. The van der Waals surface area contributed by atoms with E-state index in [2.05, 4.69) is 20.6 Å². The third-order valence-corrected chi connectivity index (χ3v) is 5.33. The molecule has 190 valence electrons. The molecule has 0 saturated heterocycles. The second kappa shape index (κ2) is 11.7. The van der Waals surface area contributed by atoms with Gasteiger partial charge in [-0.05, 0) is 35.9 Å². The molecule has 3 aromatic rings. The Bertz CT molecular complexity index is 1220. The first-order valence-electron chi connectivity index (χ1n) is 10.7. The monoisotopic (exact) mass is 522 g/mol. The number of amides is 1. The molecule has 2 heterocycles. The van der Waals surface area contributed by atoms with Crippen molar-refractivity contribution in [3.05, 3.63) is 82.3 Å². The first kappa shape index (κ1) is 26.7. The molecule has 0 aliphatic heterocycles. The summed E-state index contributed by atoms with van der Waals surface area (Å²) >= 11 is 5.78. The van der Waals surface area contributed by atoms with Gasteiger partial charge in [0.05, 0.1) is 17.2 Å².